The summed E-state index contributed by atoms with van der Waals surface area (Å²) in [5.74, 6) is 0.473. The molecule has 1 aromatic carbocycles. The van der Waals surface area contributed by atoms with E-state index in [0.29, 0.717) is 18.0 Å². The van der Waals surface area contributed by atoms with E-state index in [1.54, 1.807) is 22.9 Å². The average molecular weight is 462 g/mol. The number of likely N-dealkylation sites (tertiary alicyclic amines) is 1. The van der Waals surface area contributed by atoms with Gasteiger partial charge >= 0.3 is 11.9 Å². The summed E-state index contributed by atoms with van der Waals surface area (Å²) in [6.07, 6.45) is -0.938. The molecule has 0 spiro atoms. The van der Waals surface area contributed by atoms with Crippen LogP contribution in [0.1, 0.15) is 24.0 Å². The zero-order valence-corrected chi connectivity index (χ0v) is 18.0. The second-order valence-electron chi connectivity index (χ2n) is 8.69. The predicted molar refractivity (Wildman–Crippen MR) is 117 cm³/mol. The van der Waals surface area contributed by atoms with E-state index in [1.165, 1.54) is 23.5 Å². The molecule has 1 aliphatic carbocycles. The molecule has 0 bridgehead atoms. The Balaban J connectivity index is 1.21. The van der Waals surface area contributed by atoms with Crippen molar-refractivity contribution in [1.29, 1.82) is 0 Å². The summed E-state index contributed by atoms with van der Waals surface area (Å²) < 4.78 is 40.1. The van der Waals surface area contributed by atoms with Crippen molar-refractivity contribution < 1.29 is 13.2 Å². The fraction of sp³-hybridized carbons (Fsp3) is 0.391. The number of nitrogens with zero attached hydrogens (tertiary/aromatic N) is 2. The highest BCUT2D eigenvalue weighted by Gasteiger charge is 2.60. The van der Waals surface area contributed by atoms with Gasteiger partial charge in [0.05, 0.1) is 11.1 Å². The molecule has 0 unspecified atom stereocenters. The lowest BCUT2D eigenvalue weighted by Crippen LogP contribution is -2.32. The molecule has 5 rings (SSSR count). The first-order valence-electron chi connectivity index (χ1n) is 10.5. The van der Waals surface area contributed by atoms with Crippen molar-refractivity contribution in [3.05, 3.63) is 79.9 Å². The van der Waals surface area contributed by atoms with Crippen LogP contribution in [0.25, 0.3) is 10.4 Å². The van der Waals surface area contributed by atoms with Gasteiger partial charge in [0, 0.05) is 36.1 Å². The Bertz CT molecular complexity index is 1230. The number of benzene rings is 1. The summed E-state index contributed by atoms with van der Waals surface area (Å²) in [5.41, 5.74) is 0.0231. The average Bonchev–Trinajstić information content (AvgIpc) is 3.08. The zero-order chi connectivity index (χ0) is 22.5. The van der Waals surface area contributed by atoms with Gasteiger partial charge in [0.15, 0.2) is 0 Å². The largest absolute Gasteiger partial charge is 0.416 e. The molecule has 1 N–H and O–H groups in total. The first kappa shape index (κ1) is 21.2. The number of alkyl halides is 3. The van der Waals surface area contributed by atoms with Gasteiger partial charge in [-0.15, -0.1) is 11.3 Å². The molecule has 2 aromatic heterocycles. The fourth-order valence-electron chi connectivity index (χ4n) is 4.94. The predicted octanol–water partition coefficient (Wildman–Crippen LogP) is 3.95. The second kappa shape index (κ2) is 7.74. The van der Waals surface area contributed by atoms with E-state index in [1.807, 2.05) is 17.5 Å². The molecule has 32 heavy (non-hydrogen) atoms. The highest BCUT2D eigenvalue weighted by molar-refractivity contribution is 7.13. The highest BCUT2D eigenvalue weighted by atomic mass is 32.1. The van der Waals surface area contributed by atoms with E-state index >= 15 is 0 Å². The van der Waals surface area contributed by atoms with Crippen LogP contribution >= 0.6 is 11.3 Å². The van der Waals surface area contributed by atoms with Crippen LogP contribution in [0.3, 0.4) is 0 Å². The third-order valence-corrected chi connectivity index (χ3v) is 7.58. The normalized spacial score (nSPS) is 22.8. The molecule has 1 saturated carbocycles. The van der Waals surface area contributed by atoms with Crippen LogP contribution in [-0.4, -0.2) is 34.1 Å². The number of rotatable bonds is 6. The molecule has 0 radical (unpaired) electrons. The number of piperidine rings is 1. The van der Waals surface area contributed by atoms with Crippen LogP contribution in [0.15, 0.2) is 57.6 Å². The molecular weight excluding hydrogens is 439 g/mol. The smallest absolute Gasteiger partial charge is 0.302 e. The van der Waals surface area contributed by atoms with Crippen molar-refractivity contribution in [1.82, 2.24) is 14.5 Å². The molecule has 1 aliphatic heterocycles. The van der Waals surface area contributed by atoms with Gasteiger partial charge in [0.2, 0.25) is 0 Å². The van der Waals surface area contributed by atoms with Crippen molar-refractivity contribution in [3.8, 4) is 10.4 Å². The SMILES string of the molecule is O=c1[nH]c(=O)n(CCCN2C[C@@H]3C[C@]3(c3ccc(C(F)(F)F)cc3)C2)cc1-c1cccs1. The van der Waals surface area contributed by atoms with Gasteiger partial charge in [-0.2, -0.15) is 13.2 Å². The molecule has 168 valence electrons. The topological polar surface area (TPSA) is 58.1 Å². The van der Waals surface area contributed by atoms with Gasteiger partial charge in [-0.1, -0.05) is 18.2 Å². The van der Waals surface area contributed by atoms with E-state index in [2.05, 4.69) is 9.88 Å². The van der Waals surface area contributed by atoms with Gasteiger partial charge in [-0.25, -0.2) is 4.79 Å². The Hall–Kier alpha value is -2.65. The number of aryl methyl sites for hydroxylation is 1. The molecule has 2 fully saturated rings. The fourth-order valence-corrected chi connectivity index (χ4v) is 5.68. The Morgan fingerprint density at radius 2 is 1.91 bits per heavy atom. The van der Waals surface area contributed by atoms with Crippen molar-refractivity contribution in [3.63, 3.8) is 0 Å². The van der Waals surface area contributed by atoms with E-state index in [4.69, 9.17) is 0 Å². The molecule has 2 aliphatic rings. The molecule has 1 saturated heterocycles. The van der Waals surface area contributed by atoms with Crippen LogP contribution in [0, 0.1) is 5.92 Å². The summed E-state index contributed by atoms with van der Waals surface area (Å²) in [6, 6.07) is 9.31. The number of aromatic nitrogens is 2. The number of halogens is 3. The van der Waals surface area contributed by atoms with Crippen molar-refractivity contribution >= 4 is 11.3 Å². The van der Waals surface area contributed by atoms with Gasteiger partial charge < -0.3 is 4.90 Å². The van der Waals surface area contributed by atoms with E-state index < -0.39 is 17.4 Å². The third kappa shape index (κ3) is 3.84. The number of hydrogen-bond donors (Lipinski definition) is 1. The Kier molecular flexibility index (Phi) is 5.13. The maximum Gasteiger partial charge on any atom is 0.416 e. The minimum absolute atomic E-state index is 0.0364. The van der Waals surface area contributed by atoms with Gasteiger partial charge in [-0.3, -0.25) is 14.3 Å². The second-order valence-corrected chi connectivity index (χ2v) is 9.64. The highest BCUT2D eigenvalue weighted by Crippen LogP contribution is 2.59. The van der Waals surface area contributed by atoms with Crippen LogP contribution in [-0.2, 0) is 18.1 Å². The van der Waals surface area contributed by atoms with Crippen LogP contribution in [0.5, 0.6) is 0 Å². The van der Waals surface area contributed by atoms with Crippen molar-refractivity contribution in [2.24, 2.45) is 5.92 Å². The van der Waals surface area contributed by atoms with Crippen LogP contribution in [0.4, 0.5) is 13.2 Å². The van der Waals surface area contributed by atoms with E-state index in [-0.39, 0.29) is 11.0 Å². The molecule has 5 nitrogen and oxygen atoms in total. The first-order valence-corrected chi connectivity index (χ1v) is 11.4. The number of H-pyrrole nitrogens is 1. The summed E-state index contributed by atoms with van der Waals surface area (Å²) in [5, 5.41) is 1.88. The standard InChI is InChI=1S/C23H22F3N3O2S/c24-23(25,26)16-6-4-15(5-7-16)22-11-17(22)12-28(14-22)8-2-9-29-13-18(19-3-1-10-32-19)20(30)27-21(29)31/h1,3-7,10,13,17H,2,8-9,11-12,14H2,(H,27,30,31)/t17-,22+/m0/s1. The Labute approximate surface area is 186 Å². The monoisotopic (exact) mass is 461 g/mol. The van der Waals surface area contributed by atoms with Crippen LogP contribution < -0.4 is 11.2 Å². The number of hydrogen-bond acceptors (Lipinski definition) is 4. The minimum atomic E-state index is -4.32. The summed E-state index contributed by atoms with van der Waals surface area (Å²) >= 11 is 1.45. The van der Waals surface area contributed by atoms with Gasteiger partial charge in [0.25, 0.3) is 5.56 Å². The Morgan fingerprint density at radius 3 is 2.59 bits per heavy atom. The molecule has 3 aromatic rings. The van der Waals surface area contributed by atoms with Crippen molar-refractivity contribution in [2.75, 3.05) is 19.6 Å². The molecule has 0 amide bonds. The zero-order valence-electron chi connectivity index (χ0n) is 17.2. The molecule has 3 heterocycles. The summed E-state index contributed by atoms with van der Waals surface area (Å²) in [4.78, 5) is 29.9. The number of thiophene rings is 1. The lowest BCUT2D eigenvalue weighted by molar-refractivity contribution is -0.137. The number of fused-ring (bicyclic) bond motifs is 1. The maximum atomic E-state index is 12.8. The van der Waals surface area contributed by atoms with Crippen LogP contribution in [0.2, 0.25) is 0 Å². The maximum absolute atomic E-state index is 12.8. The van der Waals surface area contributed by atoms with E-state index in [0.717, 1.165) is 42.9 Å². The first-order chi connectivity index (χ1) is 15.3. The molecular formula is C23H22F3N3O2S. The summed E-state index contributed by atoms with van der Waals surface area (Å²) in [6.45, 7) is 3.02. The third-order valence-electron chi connectivity index (χ3n) is 6.67. The number of aromatic amines is 1. The number of nitrogens with one attached hydrogen (secondary N) is 1. The van der Waals surface area contributed by atoms with Gasteiger partial charge in [0.1, 0.15) is 0 Å². The Morgan fingerprint density at radius 1 is 1.12 bits per heavy atom. The van der Waals surface area contributed by atoms with E-state index in [9.17, 15) is 22.8 Å². The van der Waals surface area contributed by atoms with Gasteiger partial charge in [-0.05, 0) is 54.4 Å². The molecule has 9 heteroatoms. The molecule has 2 atom stereocenters. The lowest BCUT2D eigenvalue weighted by Gasteiger charge is -2.21. The minimum Gasteiger partial charge on any atom is -0.302 e. The summed E-state index contributed by atoms with van der Waals surface area (Å²) in [7, 11) is 0. The quantitative estimate of drug-likeness (QED) is 0.605. The lowest BCUT2D eigenvalue weighted by atomic mass is 9.94. The van der Waals surface area contributed by atoms with Crippen molar-refractivity contribution in [2.45, 2.75) is 31.0 Å².